The van der Waals surface area contributed by atoms with Crippen molar-refractivity contribution in [2.75, 3.05) is 39.0 Å². The van der Waals surface area contributed by atoms with Gasteiger partial charge in [-0.1, -0.05) is 46.8 Å². The summed E-state index contributed by atoms with van der Waals surface area (Å²) in [7, 11) is -1.63. The van der Waals surface area contributed by atoms with E-state index < -0.39 is 9.84 Å². The fourth-order valence-electron chi connectivity index (χ4n) is 3.25. The number of benzene rings is 1. The number of nitrogens with one attached hydrogen (secondary N) is 2. The summed E-state index contributed by atoms with van der Waals surface area (Å²) in [6, 6.07) is 7.50. The van der Waals surface area contributed by atoms with Crippen molar-refractivity contribution in [1.29, 1.82) is 0 Å². The Hall–Kier alpha value is -1.60. The molecule has 1 aromatic rings. The maximum atomic E-state index is 12.6. The fourth-order valence-corrected chi connectivity index (χ4v) is 4.40. The molecule has 0 saturated heterocycles. The molecule has 172 valence electrons. The van der Waals surface area contributed by atoms with Gasteiger partial charge >= 0.3 is 0 Å². The summed E-state index contributed by atoms with van der Waals surface area (Å²) in [4.78, 5) is 7.00. The molecule has 0 aliphatic rings. The zero-order valence-corrected chi connectivity index (χ0v) is 20.8. The monoisotopic (exact) mass is 438 g/mol. The first-order chi connectivity index (χ1) is 14.0. The number of rotatable bonds is 11. The first kappa shape index (κ1) is 26.4. The molecular weight excluding hydrogens is 396 g/mol. The van der Waals surface area contributed by atoms with E-state index >= 15 is 0 Å². The minimum atomic E-state index is -3.34. The molecule has 0 aliphatic carbocycles. The molecule has 0 saturated carbocycles. The van der Waals surface area contributed by atoms with Crippen LogP contribution in [0, 0.1) is 0 Å². The Morgan fingerprint density at radius 2 is 1.73 bits per heavy atom. The second-order valence-electron chi connectivity index (χ2n) is 8.81. The smallest absolute Gasteiger partial charge is 0.191 e. The van der Waals surface area contributed by atoms with Crippen molar-refractivity contribution >= 4 is 15.8 Å². The lowest BCUT2D eigenvalue weighted by atomic mass is 9.87. The molecule has 0 bridgehead atoms. The predicted molar refractivity (Wildman–Crippen MR) is 128 cm³/mol. The molecule has 1 aromatic carbocycles. The molecular formula is C23H42N4O2S. The van der Waals surface area contributed by atoms with Crippen LogP contribution in [0.3, 0.4) is 0 Å². The molecule has 0 spiro atoms. The van der Waals surface area contributed by atoms with Crippen LogP contribution >= 0.6 is 0 Å². The standard InChI is InChI=1S/C23H42N4O2S/c1-8-27(9-2)17-10-11-19(3)26-22(24-7)25-16-18-30(28,29)21-14-12-20(13-15-21)23(4,5)6/h12-15,19H,8-11,16-18H2,1-7H3,(H2,24,25,26). The molecule has 0 amide bonds. The third-order valence-corrected chi connectivity index (χ3v) is 7.09. The Balaban J connectivity index is 2.49. The van der Waals surface area contributed by atoms with Crippen molar-refractivity contribution in [3.63, 3.8) is 0 Å². The van der Waals surface area contributed by atoms with Crippen LogP contribution < -0.4 is 10.6 Å². The van der Waals surface area contributed by atoms with E-state index in [2.05, 4.69) is 62.1 Å². The highest BCUT2D eigenvalue weighted by atomic mass is 32.2. The maximum Gasteiger partial charge on any atom is 0.191 e. The summed E-state index contributed by atoms with van der Waals surface area (Å²) in [5, 5.41) is 6.48. The number of hydrogen-bond acceptors (Lipinski definition) is 4. The van der Waals surface area contributed by atoms with Crippen LogP contribution in [-0.2, 0) is 15.3 Å². The molecule has 2 N–H and O–H groups in total. The van der Waals surface area contributed by atoms with Gasteiger partial charge in [0.2, 0.25) is 0 Å². The Morgan fingerprint density at radius 3 is 2.23 bits per heavy atom. The van der Waals surface area contributed by atoms with E-state index in [1.165, 1.54) is 0 Å². The lowest BCUT2D eigenvalue weighted by Crippen LogP contribution is -2.43. The summed E-state index contributed by atoms with van der Waals surface area (Å²) in [5.41, 5.74) is 1.13. The van der Waals surface area contributed by atoms with E-state index in [4.69, 9.17) is 0 Å². The largest absolute Gasteiger partial charge is 0.355 e. The maximum absolute atomic E-state index is 12.6. The minimum Gasteiger partial charge on any atom is -0.355 e. The van der Waals surface area contributed by atoms with Gasteiger partial charge in [-0.05, 0) is 62.5 Å². The molecule has 1 unspecified atom stereocenters. The molecule has 0 aromatic heterocycles. The molecule has 30 heavy (non-hydrogen) atoms. The Kier molecular flexibility index (Phi) is 10.8. The highest BCUT2D eigenvalue weighted by Crippen LogP contribution is 2.23. The van der Waals surface area contributed by atoms with E-state index in [9.17, 15) is 8.42 Å². The van der Waals surface area contributed by atoms with Crippen molar-refractivity contribution < 1.29 is 8.42 Å². The van der Waals surface area contributed by atoms with Crippen LogP contribution in [-0.4, -0.2) is 64.3 Å². The zero-order chi connectivity index (χ0) is 22.8. The van der Waals surface area contributed by atoms with Gasteiger partial charge in [0.1, 0.15) is 0 Å². The van der Waals surface area contributed by atoms with E-state index in [0.29, 0.717) is 17.4 Å². The third-order valence-electron chi connectivity index (χ3n) is 5.36. The van der Waals surface area contributed by atoms with Gasteiger partial charge in [0.25, 0.3) is 0 Å². The molecule has 7 heteroatoms. The second kappa shape index (κ2) is 12.3. The minimum absolute atomic E-state index is 0.00403. The molecule has 6 nitrogen and oxygen atoms in total. The summed E-state index contributed by atoms with van der Waals surface area (Å²) in [6.07, 6.45) is 2.15. The Morgan fingerprint density at radius 1 is 1.13 bits per heavy atom. The SMILES string of the molecule is CCN(CC)CCCC(C)NC(=NC)NCCS(=O)(=O)c1ccc(C(C)(C)C)cc1. The Bertz CT molecular complexity index is 748. The zero-order valence-electron chi connectivity index (χ0n) is 20.0. The molecule has 1 rings (SSSR count). The van der Waals surface area contributed by atoms with Crippen LogP contribution in [0.2, 0.25) is 0 Å². The second-order valence-corrected chi connectivity index (χ2v) is 10.9. The van der Waals surface area contributed by atoms with Crippen LogP contribution in [0.1, 0.15) is 59.9 Å². The average molecular weight is 439 g/mol. The van der Waals surface area contributed by atoms with Gasteiger partial charge in [0.05, 0.1) is 10.6 Å². The van der Waals surface area contributed by atoms with E-state index in [1.54, 1.807) is 19.2 Å². The van der Waals surface area contributed by atoms with Crippen molar-refractivity contribution in [1.82, 2.24) is 15.5 Å². The quantitative estimate of drug-likeness (QED) is 0.409. The fraction of sp³-hybridized carbons (Fsp3) is 0.696. The van der Waals surface area contributed by atoms with Crippen LogP contribution in [0.4, 0.5) is 0 Å². The van der Waals surface area contributed by atoms with Gasteiger partial charge in [-0.3, -0.25) is 4.99 Å². The molecule has 0 aliphatic heterocycles. The molecule has 0 fully saturated rings. The van der Waals surface area contributed by atoms with Crippen LogP contribution in [0.5, 0.6) is 0 Å². The van der Waals surface area contributed by atoms with E-state index in [0.717, 1.165) is 38.0 Å². The van der Waals surface area contributed by atoms with E-state index in [1.807, 2.05) is 12.1 Å². The van der Waals surface area contributed by atoms with Crippen molar-refractivity contribution in [2.45, 2.75) is 70.7 Å². The number of guanidine groups is 1. The third kappa shape index (κ3) is 9.04. The number of nitrogens with zero attached hydrogens (tertiary/aromatic N) is 2. The van der Waals surface area contributed by atoms with Gasteiger partial charge in [-0.15, -0.1) is 0 Å². The van der Waals surface area contributed by atoms with E-state index in [-0.39, 0.29) is 17.2 Å². The normalized spacial score (nSPS) is 14.1. The van der Waals surface area contributed by atoms with Gasteiger partial charge in [0, 0.05) is 19.6 Å². The summed E-state index contributed by atoms with van der Waals surface area (Å²) < 4.78 is 25.3. The summed E-state index contributed by atoms with van der Waals surface area (Å²) in [6.45, 7) is 16.4. The molecule has 0 heterocycles. The first-order valence-electron chi connectivity index (χ1n) is 11.1. The number of sulfone groups is 1. The summed E-state index contributed by atoms with van der Waals surface area (Å²) >= 11 is 0. The van der Waals surface area contributed by atoms with Gasteiger partial charge < -0.3 is 15.5 Å². The van der Waals surface area contributed by atoms with Crippen molar-refractivity contribution in [3.8, 4) is 0 Å². The summed E-state index contributed by atoms with van der Waals surface area (Å²) in [5.74, 6) is 0.669. The van der Waals surface area contributed by atoms with Crippen LogP contribution in [0.25, 0.3) is 0 Å². The lowest BCUT2D eigenvalue weighted by molar-refractivity contribution is 0.292. The molecule has 1 atom stereocenters. The number of aliphatic imine (C=N–C) groups is 1. The van der Waals surface area contributed by atoms with Crippen LogP contribution in [0.15, 0.2) is 34.2 Å². The predicted octanol–water partition coefficient (Wildman–Crippen LogP) is 3.43. The molecule has 0 radical (unpaired) electrons. The van der Waals surface area contributed by atoms with Gasteiger partial charge in [-0.2, -0.15) is 0 Å². The Labute approximate surface area is 184 Å². The topological polar surface area (TPSA) is 73.8 Å². The van der Waals surface area contributed by atoms with Gasteiger partial charge in [-0.25, -0.2) is 8.42 Å². The first-order valence-corrected chi connectivity index (χ1v) is 12.7. The van der Waals surface area contributed by atoms with Gasteiger partial charge in [0.15, 0.2) is 15.8 Å². The number of hydrogen-bond donors (Lipinski definition) is 2. The lowest BCUT2D eigenvalue weighted by Gasteiger charge is -2.21. The average Bonchev–Trinajstić information content (AvgIpc) is 2.69. The highest BCUT2D eigenvalue weighted by molar-refractivity contribution is 7.91. The highest BCUT2D eigenvalue weighted by Gasteiger charge is 2.18. The van der Waals surface area contributed by atoms with Crippen molar-refractivity contribution in [2.24, 2.45) is 4.99 Å². The van der Waals surface area contributed by atoms with Crippen molar-refractivity contribution in [3.05, 3.63) is 29.8 Å².